The van der Waals surface area contributed by atoms with Crippen molar-refractivity contribution < 1.29 is 9.47 Å². The van der Waals surface area contributed by atoms with Crippen LogP contribution in [0, 0.1) is 0 Å². The van der Waals surface area contributed by atoms with Gasteiger partial charge in [0.2, 0.25) is 0 Å². The third-order valence-corrected chi connectivity index (χ3v) is 3.69. The molecule has 0 aromatic rings. The van der Waals surface area contributed by atoms with Crippen LogP contribution in [0.25, 0.3) is 0 Å². The lowest BCUT2D eigenvalue weighted by molar-refractivity contribution is -0.0415. The first-order valence-electron chi connectivity index (χ1n) is 6.58. The van der Waals surface area contributed by atoms with Gasteiger partial charge in [0.25, 0.3) is 5.79 Å². The second kappa shape index (κ2) is 7.35. The van der Waals surface area contributed by atoms with Gasteiger partial charge in [0.1, 0.15) is 11.4 Å². The SMILES string of the molecule is CC(=S)N(C)N=C(C)C1(C(C)=NN(C)C(C)=S)OCCO1. The van der Waals surface area contributed by atoms with Crippen LogP contribution in [0.4, 0.5) is 0 Å². The van der Waals surface area contributed by atoms with Crippen molar-refractivity contribution in [3.8, 4) is 0 Å². The predicted octanol–water partition coefficient (Wildman–Crippen LogP) is 2.04. The second-order valence-corrected chi connectivity index (χ2v) is 5.95. The van der Waals surface area contributed by atoms with Crippen molar-refractivity contribution in [2.45, 2.75) is 33.5 Å². The van der Waals surface area contributed by atoms with E-state index in [0.29, 0.717) is 34.6 Å². The topological polar surface area (TPSA) is 49.7 Å². The molecule has 0 aromatic carbocycles. The predicted molar refractivity (Wildman–Crippen MR) is 92.9 cm³/mol. The summed E-state index contributed by atoms with van der Waals surface area (Å²) in [6.07, 6.45) is 0. The number of hydrogen-bond donors (Lipinski definition) is 0. The molecule has 0 radical (unpaired) electrons. The van der Waals surface area contributed by atoms with Crippen LogP contribution in [0.1, 0.15) is 27.7 Å². The van der Waals surface area contributed by atoms with Crippen molar-refractivity contribution in [1.29, 1.82) is 0 Å². The Morgan fingerprint density at radius 2 is 1.19 bits per heavy atom. The average Bonchev–Trinajstić information content (AvgIpc) is 2.88. The molecule has 0 N–H and O–H groups in total. The zero-order valence-electron chi connectivity index (χ0n) is 13.3. The van der Waals surface area contributed by atoms with Crippen molar-refractivity contribution in [2.75, 3.05) is 27.3 Å². The standard InChI is InChI=1S/C13H22N4O2S2/c1-9(14-16(5)11(3)20)13(18-7-8-19-13)10(2)15-17(6)12(4)21/h7-8H2,1-6H3. The fraction of sp³-hybridized carbons (Fsp3) is 0.692. The maximum Gasteiger partial charge on any atom is 0.252 e. The molecule has 0 unspecified atom stereocenters. The Morgan fingerprint density at radius 1 is 0.857 bits per heavy atom. The maximum atomic E-state index is 5.80. The fourth-order valence-corrected chi connectivity index (χ4v) is 1.90. The molecule has 21 heavy (non-hydrogen) atoms. The first kappa shape index (κ1) is 18.1. The summed E-state index contributed by atoms with van der Waals surface area (Å²) >= 11 is 10.2. The number of nitrogens with zero attached hydrogens (tertiary/aromatic N) is 4. The highest BCUT2D eigenvalue weighted by molar-refractivity contribution is 7.80. The first-order valence-corrected chi connectivity index (χ1v) is 7.40. The van der Waals surface area contributed by atoms with Gasteiger partial charge in [-0.05, 0) is 27.7 Å². The van der Waals surface area contributed by atoms with E-state index >= 15 is 0 Å². The van der Waals surface area contributed by atoms with Crippen LogP contribution in [-0.4, -0.2) is 64.5 Å². The van der Waals surface area contributed by atoms with Gasteiger partial charge in [0, 0.05) is 14.1 Å². The molecule has 118 valence electrons. The quantitative estimate of drug-likeness (QED) is 0.447. The van der Waals surface area contributed by atoms with Gasteiger partial charge >= 0.3 is 0 Å². The normalized spacial score (nSPS) is 18.6. The maximum absolute atomic E-state index is 5.80. The number of hydrogen-bond acceptors (Lipinski definition) is 6. The molecule has 1 aliphatic rings. The largest absolute Gasteiger partial charge is 0.338 e. The third-order valence-electron chi connectivity index (χ3n) is 3.16. The molecule has 0 amide bonds. The third kappa shape index (κ3) is 4.26. The number of hydrazone groups is 2. The number of rotatable bonds is 4. The lowest BCUT2D eigenvalue weighted by Gasteiger charge is -2.29. The van der Waals surface area contributed by atoms with Crippen LogP contribution in [0.15, 0.2) is 10.2 Å². The molecule has 0 aliphatic carbocycles. The fourth-order valence-electron chi connectivity index (χ4n) is 1.81. The van der Waals surface area contributed by atoms with E-state index in [4.69, 9.17) is 33.9 Å². The van der Waals surface area contributed by atoms with Crippen molar-refractivity contribution in [3.05, 3.63) is 0 Å². The van der Waals surface area contributed by atoms with Gasteiger partial charge in [-0.3, -0.25) is 10.0 Å². The molecular weight excluding hydrogens is 308 g/mol. The molecule has 0 aromatic heterocycles. The molecular formula is C13H22N4O2S2. The Labute approximate surface area is 136 Å². The zero-order valence-corrected chi connectivity index (χ0v) is 15.0. The van der Waals surface area contributed by atoms with Gasteiger partial charge in [-0.15, -0.1) is 0 Å². The summed E-state index contributed by atoms with van der Waals surface area (Å²) in [6.45, 7) is 8.26. The average molecular weight is 330 g/mol. The summed E-state index contributed by atoms with van der Waals surface area (Å²) in [7, 11) is 3.57. The van der Waals surface area contributed by atoms with E-state index in [2.05, 4.69) is 10.2 Å². The molecule has 1 rings (SSSR count). The highest BCUT2D eigenvalue weighted by atomic mass is 32.1. The Balaban J connectivity index is 3.14. The Bertz CT molecular complexity index is 447. The van der Waals surface area contributed by atoms with Crippen LogP contribution in [-0.2, 0) is 9.47 Å². The summed E-state index contributed by atoms with van der Waals surface area (Å²) in [5.74, 6) is -1.06. The van der Waals surface area contributed by atoms with E-state index in [9.17, 15) is 0 Å². The molecule has 8 heteroatoms. The van der Waals surface area contributed by atoms with Gasteiger partial charge in [-0.2, -0.15) is 10.2 Å². The molecule has 1 heterocycles. The van der Waals surface area contributed by atoms with Crippen molar-refractivity contribution in [2.24, 2.45) is 10.2 Å². The van der Waals surface area contributed by atoms with Gasteiger partial charge in [-0.25, -0.2) is 0 Å². The smallest absolute Gasteiger partial charge is 0.252 e. The molecule has 1 saturated heterocycles. The highest BCUT2D eigenvalue weighted by Crippen LogP contribution is 2.24. The highest BCUT2D eigenvalue weighted by Gasteiger charge is 2.44. The van der Waals surface area contributed by atoms with E-state index < -0.39 is 5.79 Å². The monoisotopic (exact) mass is 330 g/mol. The summed E-state index contributed by atoms with van der Waals surface area (Å²) in [4.78, 5) is 1.31. The summed E-state index contributed by atoms with van der Waals surface area (Å²) in [5.41, 5.74) is 1.28. The van der Waals surface area contributed by atoms with E-state index in [1.54, 1.807) is 38.0 Å². The van der Waals surface area contributed by atoms with Crippen LogP contribution >= 0.6 is 24.4 Å². The molecule has 0 saturated carbocycles. The van der Waals surface area contributed by atoms with E-state index in [-0.39, 0.29) is 0 Å². The van der Waals surface area contributed by atoms with Crippen LogP contribution in [0.5, 0.6) is 0 Å². The van der Waals surface area contributed by atoms with Crippen molar-refractivity contribution >= 4 is 45.8 Å². The first-order chi connectivity index (χ1) is 9.70. The minimum absolute atomic E-state index is 0.486. The Kier molecular flexibility index (Phi) is 6.33. The Hall–Kier alpha value is -0.960. The lowest BCUT2D eigenvalue weighted by atomic mass is 10.1. The van der Waals surface area contributed by atoms with Gasteiger partial charge in [0.05, 0.1) is 23.2 Å². The number of ether oxygens (including phenoxy) is 2. The summed E-state index contributed by atoms with van der Waals surface area (Å²) in [6, 6.07) is 0. The van der Waals surface area contributed by atoms with Gasteiger partial charge < -0.3 is 9.47 Å². The van der Waals surface area contributed by atoms with Crippen LogP contribution in [0.2, 0.25) is 0 Å². The van der Waals surface area contributed by atoms with E-state index in [1.807, 2.05) is 13.8 Å². The van der Waals surface area contributed by atoms with Crippen LogP contribution < -0.4 is 0 Å². The van der Waals surface area contributed by atoms with Gasteiger partial charge in [-0.1, -0.05) is 24.4 Å². The van der Waals surface area contributed by atoms with Gasteiger partial charge in [0.15, 0.2) is 0 Å². The molecule has 0 atom stereocenters. The second-order valence-electron chi connectivity index (χ2n) is 4.77. The molecule has 0 spiro atoms. The van der Waals surface area contributed by atoms with Crippen LogP contribution in [0.3, 0.4) is 0 Å². The zero-order chi connectivity index (χ0) is 16.2. The molecule has 1 aliphatic heterocycles. The molecule has 6 nitrogen and oxygen atoms in total. The Morgan fingerprint density at radius 3 is 1.48 bits per heavy atom. The van der Waals surface area contributed by atoms with Crippen molar-refractivity contribution in [1.82, 2.24) is 10.0 Å². The molecule has 0 bridgehead atoms. The molecule has 1 fully saturated rings. The van der Waals surface area contributed by atoms with E-state index in [1.165, 1.54) is 0 Å². The van der Waals surface area contributed by atoms with Crippen molar-refractivity contribution in [3.63, 3.8) is 0 Å². The minimum atomic E-state index is -1.06. The number of thiocarbonyl (C=S) groups is 2. The summed E-state index contributed by atoms with van der Waals surface area (Å²) < 4.78 is 11.6. The minimum Gasteiger partial charge on any atom is -0.338 e. The van der Waals surface area contributed by atoms with E-state index in [0.717, 1.165) is 0 Å². The lowest BCUT2D eigenvalue weighted by Crippen LogP contribution is -2.47. The summed E-state index contributed by atoms with van der Waals surface area (Å²) in [5, 5.41) is 12.1.